The van der Waals surface area contributed by atoms with Gasteiger partial charge in [0, 0.05) is 31.0 Å². The van der Waals surface area contributed by atoms with Gasteiger partial charge in [-0.15, -0.1) is 0 Å². The molecule has 1 aliphatic rings. The molecule has 3 heteroatoms. The monoisotopic (exact) mass is 290 g/mol. The third-order valence-corrected chi connectivity index (χ3v) is 4.59. The second-order valence-corrected chi connectivity index (χ2v) is 6.47. The van der Waals surface area contributed by atoms with Crippen LogP contribution < -0.4 is 5.32 Å². The fourth-order valence-corrected chi connectivity index (χ4v) is 3.63. The molecule has 0 spiro atoms. The number of pyridine rings is 1. The molecule has 21 heavy (non-hydrogen) atoms. The molecule has 0 saturated heterocycles. The lowest BCUT2D eigenvalue weighted by Crippen LogP contribution is -2.49. The lowest BCUT2D eigenvalue weighted by atomic mass is 9.78. The minimum atomic E-state index is 0.231. The summed E-state index contributed by atoms with van der Waals surface area (Å²) in [6.45, 7) is 7.75. The van der Waals surface area contributed by atoms with Gasteiger partial charge in [-0.1, -0.05) is 26.8 Å². The van der Waals surface area contributed by atoms with Crippen LogP contribution in [0.15, 0.2) is 18.3 Å². The summed E-state index contributed by atoms with van der Waals surface area (Å²) >= 11 is 0. The normalized spacial score (nSPS) is 21.1. The summed E-state index contributed by atoms with van der Waals surface area (Å²) in [5.74, 6) is 0.965. The standard InChI is InChI=1S/C18H30N2O/c1-5-11-19-17(18(21-4)13(2)3)15-10-6-8-14-9-7-12-20-16(14)15/h7,9,12-13,15,17-19H,5-6,8,10-11H2,1-4H3. The van der Waals surface area contributed by atoms with Gasteiger partial charge in [0.2, 0.25) is 0 Å². The van der Waals surface area contributed by atoms with Crippen LogP contribution in [-0.2, 0) is 11.2 Å². The summed E-state index contributed by atoms with van der Waals surface area (Å²) < 4.78 is 5.85. The van der Waals surface area contributed by atoms with Crippen molar-refractivity contribution in [1.29, 1.82) is 0 Å². The van der Waals surface area contributed by atoms with Crippen molar-refractivity contribution in [2.45, 2.75) is 64.5 Å². The Morgan fingerprint density at radius 3 is 2.90 bits per heavy atom. The lowest BCUT2D eigenvalue weighted by molar-refractivity contribution is 0.0225. The third kappa shape index (κ3) is 3.83. The van der Waals surface area contributed by atoms with Crippen molar-refractivity contribution in [3.63, 3.8) is 0 Å². The highest BCUT2D eigenvalue weighted by atomic mass is 16.5. The number of nitrogens with one attached hydrogen (secondary N) is 1. The van der Waals surface area contributed by atoms with Gasteiger partial charge < -0.3 is 10.1 Å². The quantitative estimate of drug-likeness (QED) is 0.834. The van der Waals surface area contributed by atoms with Gasteiger partial charge in [-0.05, 0) is 49.8 Å². The highest BCUT2D eigenvalue weighted by Gasteiger charge is 2.35. The molecular weight excluding hydrogens is 260 g/mol. The van der Waals surface area contributed by atoms with Gasteiger partial charge in [-0.3, -0.25) is 4.98 Å². The summed E-state index contributed by atoms with van der Waals surface area (Å²) in [4.78, 5) is 4.71. The van der Waals surface area contributed by atoms with Crippen molar-refractivity contribution < 1.29 is 4.74 Å². The van der Waals surface area contributed by atoms with E-state index in [1.54, 1.807) is 0 Å². The number of nitrogens with zero attached hydrogens (tertiary/aromatic N) is 1. The zero-order valence-electron chi connectivity index (χ0n) is 13.9. The molecule has 0 radical (unpaired) electrons. The van der Waals surface area contributed by atoms with E-state index in [2.05, 4.69) is 38.2 Å². The van der Waals surface area contributed by atoms with Gasteiger partial charge in [0.05, 0.1) is 6.10 Å². The molecule has 1 aromatic rings. The SMILES string of the molecule is CCCNC(C1CCCc2cccnc21)C(OC)C(C)C. The van der Waals surface area contributed by atoms with E-state index in [4.69, 9.17) is 9.72 Å². The fraction of sp³-hybridized carbons (Fsp3) is 0.722. The maximum absolute atomic E-state index is 5.85. The predicted octanol–water partition coefficient (Wildman–Crippen LogP) is 3.54. The van der Waals surface area contributed by atoms with E-state index in [1.165, 1.54) is 30.5 Å². The maximum atomic E-state index is 5.85. The van der Waals surface area contributed by atoms with Crippen LogP contribution in [0.3, 0.4) is 0 Å². The van der Waals surface area contributed by atoms with Crippen LogP contribution in [-0.4, -0.2) is 30.8 Å². The van der Waals surface area contributed by atoms with Crippen LogP contribution in [0.1, 0.15) is 57.2 Å². The zero-order valence-corrected chi connectivity index (χ0v) is 13.9. The van der Waals surface area contributed by atoms with Gasteiger partial charge in [0.25, 0.3) is 0 Å². The Morgan fingerprint density at radius 1 is 1.43 bits per heavy atom. The Balaban J connectivity index is 2.28. The van der Waals surface area contributed by atoms with Gasteiger partial charge >= 0.3 is 0 Å². The number of hydrogen-bond donors (Lipinski definition) is 1. The Morgan fingerprint density at radius 2 is 2.24 bits per heavy atom. The predicted molar refractivity (Wildman–Crippen MR) is 87.6 cm³/mol. The van der Waals surface area contributed by atoms with E-state index in [0.717, 1.165) is 13.0 Å². The highest BCUT2D eigenvalue weighted by molar-refractivity contribution is 5.28. The van der Waals surface area contributed by atoms with Gasteiger partial charge in [0.1, 0.15) is 0 Å². The topological polar surface area (TPSA) is 34.2 Å². The minimum absolute atomic E-state index is 0.231. The molecular formula is C18H30N2O. The molecule has 1 heterocycles. The Labute approximate surface area is 129 Å². The van der Waals surface area contributed by atoms with Crippen LogP contribution >= 0.6 is 0 Å². The molecule has 3 nitrogen and oxygen atoms in total. The summed E-state index contributed by atoms with van der Waals surface area (Å²) in [6, 6.07) is 4.65. The molecule has 1 aliphatic carbocycles. The number of methoxy groups -OCH3 is 1. The smallest absolute Gasteiger partial charge is 0.0753 e. The molecule has 3 unspecified atom stereocenters. The second-order valence-electron chi connectivity index (χ2n) is 6.47. The molecule has 2 rings (SSSR count). The number of ether oxygens (including phenoxy) is 1. The molecule has 1 N–H and O–H groups in total. The maximum Gasteiger partial charge on any atom is 0.0753 e. The van der Waals surface area contributed by atoms with E-state index in [9.17, 15) is 0 Å². The van der Waals surface area contributed by atoms with E-state index < -0.39 is 0 Å². The van der Waals surface area contributed by atoms with Gasteiger partial charge in [0.15, 0.2) is 0 Å². The molecule has 1 aromatic heterocycles. The van der Waals surface area contributed by atoms with Crippen molar-refractivity contribution in [2.75, 3.05) is 13.7 Å². The molecule has 0 saturated carbocycles. The highest BCUT2D eigenvalue weighted by Crippen LogP contribution is 2.35. The first-order chi connectivity index (χ1) is 10.2. The average molecular weight is 290 g/mol. The molecule has 118 valence electrons. The van der Waals surface area contributed by atoms with Crippen LogP contribution in [0.4, 0.5) is 0 Å². The van der Waals surface area contributed by atoms with Crippen molar-refractivity contribution in [3.05, 3.63) is 29.6 Å². The van der Waals surface area contributed by atoms with E-state index >= 15 is 0 Å². The van der Waals surface area contributed by atoms with Crippen molar-refractivity contribution >= 4 is 0 Å². The second kappa shape index (κ2) is 7.90. The van der Waals surface area contributed by atoms with Crippen molar-refractivity contribution in [2.24, 2.45) is 5.92 Å². The van der Waals surface area contributed by atoms with Gasteiger partial charge in [-0.2, -0.15) is 0 Å². The lowest BCUT2D eigenvalue weighted by Gasteiger charge is -2.38. The Kier molecular flexibility index (Phi) is 6.19. The van der Waals surface area contributed by atoms with E-state index in [0.29, 0.717) is 17.9 Å². The van der Waals surface area contributed by atoms with Crippen LogP contribution in [0.25, 0.3) is 0 Å². The largest absolute Gasteiger partial charge is 0.380 e. The molecule has 0 aromatic carbocycles. The number of rotatable bonds is 7. The number of hydrogen-bond acceptors (Lipinski definition) is 3. The van der Waals surface area contributed by atoms with Crippen LogP contribution in [0, 0.1) is 5.92 Å². The van der Waals surface area contributed by atoms with Crippen LogP contribution in [0.2, 0.25) is 0 Å². The molecule has 0 fully saturated rings. The molecule has 0 amide bonds. The molecule has 0 bridgehead atoms. The first kappa shape index (κ1) is 16.4. The summed E-state index contributed by atoms with van der Waals surface area (Å²) in [5.41, 5.74) is 2.72. The first-order valence-electron chi connectivity index (χ1n) is 8.39. The number of fused-ring (bicyclic) bond motifs is 1. The molecule has 3 atom stereocenters. The average Bonchev–Trinajstić information content (AvgIpc) is 2.50. The summed E-state index contributed by atoms with van der Waals surface area (Å²) in [5, 5.41) is 3.75. The Hall–Kier alpha value is -0.930. The number of aryl methyl sites for hydroxylation is 1. The van der Waals surface area contributed by atoms with E-state index in [1.807, 2.05) is 13.3 Å². The van der Waals surface area contributed by atoms with Crippen LogP contribution in [0.5, 0.6) is 0 Å². The fourth-order valence-electron chi connectivity index (χ4n) is 3.63. The third-order valence-electron chi connectivity index (χ3n) is 4.59. The summed E-state index contributed by atoms with van der Waals surface area (Å²) in [7, 11) is 1.84. The zero-order chi connectivity index (χ0) is 15.2. The van der Waals surface area contributed by atoms with Crippen molar-refractivity contribution in [3.8, 4) is 0 Å². The van der Waals surface area contributed by atoms with E-state index in [-0.39, 0.29) is 6.10 Å². The summed E-state index contributed by atoms with van der Waals surface area (Å²) in [6.07, 6.45) is 6.94. The van der Waals surface area contributed by atoms with Gasteiger partial charge in [-0.25, -0.2) is 0 Å². The molecule has 0 aliphatic heterocycles. The van der Waals surface area contributed by atoms with Crippen molar-refractivity contribution in [1.82, 2.24) is 10.3 Å². The minimum Gasteiger partial charge on any atom is -0.380 e. The number of aromatic nitrogens is 1. The first-order valence-corrected chi connectivity index (χ1v) is 8.39. The Bertz CT molecular complexity index is 433.